The van der Waals surface area contributed by atoms with Gasteiger partial charge in [0.25, 0.3) is 0 Å². The summed E-state index contributed by atoms with van der Waals surface area (Å²) in [5.74, 6) is -1.46. The number of carboxylic acids is 1. The minimum absolute atomic E-state index is 0.145. The van der Waals surface area contributed by atoms with Gasteiger partial charge in [0.05, 0.1) is 18.0 Å². The number of amides is 1. The first-order chi connectivity index (χ1) is 12.1. The number of aliphatic carboxylic acids is 1. The number of hydrogen-bond donors (Lipinski definition) is 2. The van der Waals surface area contributed by atoms with Gasteiger partial charge in [-0.2, -0.15) is 0 Å². The van der Waals surface area contributed by atoms with E-state index in [-0.39, 0.29) is 18.4 Å². The van der Waals surface area contributed by atoms with Crippen LogP contribution in [0.4, 0.5) is 0 Å². The number of tetrazole rings is 1. The quantitative estimate of drug-likeness (QED) is 0.793. The summed E-state index contributed by atoms with van der Waals surface area (Å²) in [4.78, 5) is 23.8. The Labute approximate surface area is 145 Å². The van der Waals surface area contributed by atoms with E-state index >= 15 is 0 Å². The van der Waals surface area contributed by atoms with Crippen LogP contribution in [0.2, 0.25) is 0 Å². The third-order valence-corrected chi connectivity index (χ3v) is 4.59. The standard InChI is InChI=1S/C17H21N5O3/c23-16(19-15-5-3-1-2-4-14(15)17(24)25)10-12-6-8-13(9-7-12)22-11-18-20-21-22/h6-9,11,14-15H,1-5,10H2,(H,19,23)(H,24,25)/t14-,15+/m1/s1. The van der Waals surface area contributed by atoms with Crippen molar-refractivity contribution < 1.29 is 14.7 Å². The van der Waals surface area contributed by atoms with Crippen molar-refractivity contribution in [3.8, 4) is 5.69 Å². The lowest BCUT2D eigenvalue weighted by Crippen LogP contribution is -2.43. The van der Waals surface area contributed by atoms with Crippen LogP contribution in [0.3, 0.4) is 0 Å². The molecule has 1 aliphatic rings. The normalized spacial score (nSPS) is 20.6. The molecule has 0 radical (unpaired) electrons. The number of carboxylic acid groups (broad SMARTS) is 1. The molecule has 1 fully saturated rings. The zero-order valence-corrected chi connectivity index (χ0v) is 13.8. The van der Waals surface area contributed by atoms with Crippen molar-refractivity contribution in [3.05, 3.63) is 36.2 Å². The first kappa shape index (κ1) is 17.1. The van der Waals surface area contributed by atoms with Gasteiger partial charge in [-0.15, -0.1) is 5.10 Å². The number of aromatic nitrogens is 4. The maximum atomic E-state index is 12.3. The van der Waals surface area contributed by atoms with Crippen LogP contribution in [0.1, 0.15) is 37.7 Å². The van der Waals surface area contributed by atoms with Gasteiger partial charge in [0, 0.05) is 6.04 Å². The first-order valence-electron chi connectivity index (χ1n) is 8.48. The van der Waals surface area contributed by atoms with E-state index in [2.05, 4.69) is 20.8 Å². The van der Waals surface area contributed by atoms with Gasteiger partial charge in [0.1, 0.15) is 6.33 Å². The molecular weight excluding hydrogens is 322 g/mol. The second-order valence-corrected chi connectivity index (χ2v) is 6.35. The van der Waals surface area contributed by atoms with Crippen LogP contribution >= 0.6 is 0 Å². The molecule has 0 aliphatic heterocycles. The van der Waals surface area contributed by atoms with Gasteiger partial charge >= 0.3 is 5.97 Å². The largest absolute Gasteiger partial charge is 0.481 e. The van der Waals surface area contributed by atoms with E-state index in [0.29, 0.717) is 6.42 Å². The van der Waals surface area contributed by atoms with E-state index in [1.807, 2.05) is 24.3 Å². The van der Waals surface area contributed by atoms with Gasteiger partial charge in [0.15, 0.2) is 0 Å². The summed E-state index contributed by atoms with van der Waals surface area (Å²) in [6, 6.07) is 7.08. The summed E-state index contributed by atoms with van der Waals surface area (Å²) >= 11 is 0. The predicted molar refractivity (Wildman–Crippen MR) is 89.0 cm³/mol. The maximum Gasteiger partial charge on any atom is 0.308 e. The van der Waals surface area contributed by atoms with Crippen LogP contribution in [0, 0.1) is 5.92 Å². The molecule has 8 nitrogen and oxygen atoms in total. The van der Waals surface area contributed by atoms with Gasteiger partial charge in [-0.05, 0) is 41.0 Å². The number of rotatable bonds is 5. The third kappa shape index (κ3) is 4.40. The zero-order valence-electron chi connectivity index (χ0n) is 13.8. The molecule has 1 aromatic carbocycles. The lowest BCUT2D eigenvalue weighted by atomic mass is 9.94. The molecule has 0 bridgehead atoms. The Morgan fingerprint density at radius 2 is 1.92 bits per heavy atom. The molecular formula is C17H21N5O3. The van der Waals surface area contributed by atoms with Crippen molar-refractivity contribution in [2.75, 3.05) is 0 Å². The van der Waals surface area contributed by atoms with E-state index < -0.39 is 11.9 Å². The molecule has 1 aliphatic carbocycles. The fourth-order valence-electron chi connectivity index (χ4n) is 3.27. The van der Waals surface area contributed by atoms with Crippen LogP contribution in [0.25, 0.3) is 5.69 Å². The molecule has 1 heterocycles. The van der Waals surface area contributed by atoms with Crippen LogP contribution < -0.4 is 5.32 Å². The predicted octanol–water partition coefficient (Wildman–Crippen LogP) is 1.35. The minimum Gasteiger partial charge on any atom is -0.481 e. The number of carbonyl (C=O) groups excluding carboxylic acids is 1. The van der Waals surface area contributed by atoms with E-state index in [1.54, 1.807) is 0 Å². The molecule has 2 aromatic rings. The number of hydrogen-bond acceptors (Lipinski definition) is 5. The molecule has 1 saturated carbocycles. The molecule has 0 saturated heterocycles. The Hall–Kier alpha value is -2.77. The smallest absolute Gasteiger partial charge is 0.308 e. The topological polar surface area (TPSA) is 110 Å². The lowest BCUT2D eigenvalue weighted by Gasteiger charge is -2.22. The molecule has 1 amide bonds. The first-order valence-corrected chi connectivity index (χ1v) is 8.48. The van der Waals surface area contributed by atoms with E-state index in [9.17, 15) is 14.7 Å². The Balaban J connectivity index is 1.60. The van der Waals surface area contributed by atoms with Crippen LogP contribution in [0.15, 0.2) is 30.6 Å². The van der Waals surface area contributed by atoms with E-state index in [0.717, 1.165) is 36.9 Å². The molecule has 25 heavy (non-hydrogen) atoms. The Morgan fingerprint density at radius 1 is 1.16 bits per heavy atom. The highest BCUT2D eigenvalue weighted by molar-refractivity contribution is 5.80. The van der Waals surface area contributed by atoms with Crippen LogP contribution in [-0.2, 0) is 16.0 Å². The summed E-state index contributed by atoms with van der Waals surface area (Å²) in [6.07, 6.45) is 5.95. The van der Waals surface area contributed by atoms with E-state index in [4.69, 9.17) is 0 Å². The third-order valence-electron chi connectivity index (χ3n) is 4.59. The maximum absolute atomic E-state index is 12.3. The summed E-state index contributed by atoms with van der Waals surface area (Å²) in [6.45, 7) is 0. The average Bonchev–Trinajstić information content (AvgIpc) is 3.02. The van der Waals surface area contributed by atoms with Crippen molar-refractivity contribution in [2.45, 2.75) is 44.6 Å². The highest BCUT2D eigenvalue weighted by Crippen LogP contribution is 2.24. The number of nitrogens with zero attached hydrogens (tertiary/aromatic N) is 4. The highest BCUT2D eigenvalue weighted by atomic mass is 16.4. The summed E-state index contributed by atoms with van der Waals surface area (Å²) in [5.41, 5.74) is 1.67. The molecule has 1 aromatic heterocycles. The minimum atomic E-state index is -0.821. The monoisotopic (exact) mass is 343 g/mol. The van der Waals surface area contributed by atoms with Crippen molar-refractivity contribution in [1.82, 2.24) is 25.5 Å². The van der Waals surface area contributed by atoms with Crippen molar-refractivity contribution in [2.24, 2.45) is 5.92 Å². The van der Waals surface area contributed by atoms with Crippen LogP contribution in [-0.4, -0.2) is 43.2 Å². The van der Waals surface area contributed by atoms with Crippen LogP contribution in [0.5, 0.6) is 0 Å². The zero-order chi connectivity index (χ0) is 17.6. The molecule has 8 heteroatoms. The van der Waals surface area contributed by atoms with Crippen molar-refractivity contribution in [1.29, 1.82) is 0 Å². The summed E-state index contributed by atoms with van der Waals surface area (Å²) in [5, 5.41) is 23.3. The van der Waals surface area contributed by atoms with Crippen molar-refractivity contribution >= 4 is 11.9 Å². The Bertz CT molecular complexity index is 714. The lowest BCUT2D eigenvalue weighted by molar-refractivity contribution is -0.143. The molecule has 2 N–H and O–H groups in total. The second-order valence-electron chi connectivity index (χ2n) is 6.35. The summed E-state index contributed by atoms with van der Waals surface area (Å²) in [7, 11) is 0. The molecule has 2 atom stereocenters. The number of benzene rings is 1. The van der Waals surface area contributed by atoms with Gasteiger partial charge < -0.3 is 10.4 Å². The fraction of sp³-hybridized carbons (Fsp3) is 0.471. The Kier molecular flexibility index (Phi) is 5.37. The summed E-state index contributed by atoms with van der Waals surface area (Å²) < 4.78 is 1.53. The SMILES string of the molecule is O=C(Cc1ccc(-n2cnnn2)cc1)N[C@H]1CCCCC[C@H]1C(=O)O. The second kappa shape index (κ2) is 7.87. The average molecular weight is 343 g/mol. The fourth-order valence-corrected chi connectivity index (χ4v) is 3.27. The van der Waals surface area contributed by atoms with Crippen molar-refractivity contribution in [3.63, 3.8) is 0 Å². The number of nitrogens with one attached hydrogen (secondary N) is 1. The Morgan fingerprint density at radius 3 is 2.60 bits per heavy atom. The van der Waals surface area contributed by atoms with Gasteiger partial charge in [-0.1, -0.05) is 31.4 Å². The molecule has 132 valence electrons. The molecule has 3 rings (SSSR count). The van der Waals surface area contributed by atoms with Gasteiger partial charge in [-0.3, -0.25) is 9.59 Å². The highest BCUT2D eigenvalue weighted by Gasteiger charge is 2.30. The van der Waals surface area contributed by atoms with Gasteiger partial charge in [0.2, 0.25) is 5.91 Å². The molecule has 0 unspecified atom stereocenters. The molecule has 0 spiro atoms. The van der Waals surface area contributed by atoms with E-state index in [1.165, 1.54) is 11.0 Å². The van der Waals surface area contributed by atoms with Gasteiger partial charge in [-0.25, -0.2) is 4.68 Å². The number of carbonyl (C=O) groups is 2.